The molecule has 5 heteroatoms. The third kappa shape index (κ3) is 3.25. The smallest absolute Gasteiger partial charge is 0.433 e. The summed E-state index contributed by atoms with van der Waals surface area (Å²) in [5.74, 6) is 0.680. The zero-order chi connectivity index (χ0) is 17.2. The Morgan fingerprint density at radius 2 is 1.46 bits per heavy atom. The van der Waals surface area contributed by atoms with Gasteiger partial charge in [0.15, 0.2) is 0 Å². The maximum atomic E-state index is 13.0. The minimum atomic E-state index is -4.48. The molecule has 0 amide bonds. The molecular weight excluding hydrogens is 315 g/mol. The summed E-state index contributed by atoms with van der Waals surface area (Å²) < 4.78 is 44.2. The lowest BCUT2D eigenvalue weighted by Crippen LogP contribution is -2.08. The monoisotopic (exact) mass is 329 g/mol. The van der Waals surface area contributed by atoms with Crippen LogP contribution >= 0.6 is 0 Å². The second-order valence-electron chi connectivity index (χ2n) is 5.21. The SMILES string of the molecule is COc1ccc(-c2cnc(C(F)(F)F)cc2-c2ccccc2)cc1. The van der Waals surface area contributed by atoms with Crippen molar-refractivity contribution in [3.8, 4) is 28.0 Å². The predicted octanol–water partition coefficient (Wildman–Crippen LogP) is 5.44. The van der Waals surface area contributed by atoms with Crippen LogP contribution in [0.1, 0.15) is 5.69 Å². The van der Waals surface area contributed by atoms with Gasteiger partial charge in [-0.05, 0) is 34.9 Å². The first kappa shape index (κ1) is 16.1. The molecule has 3 rings (SSSR count). The summed E-state index contributed by atoms with van der Waals surface area (Å²) in [5.41, 5.74) is 1.70. The fraction of sp³-hybridized carbons (Fsp3) is 0.105. The zero-order valence-electron chi connectivity index (χ0n) is 12.8. The van der Waals surface area contributed by atoms with Crippen LogP contribution < -0.4 is 4.74 Å². The summed E-state index contributed by atoms with van der Waals surface area (Å²) in [5, 5.41) is 0. The van der Waals surface area contributed by atoms with E-state index in [1.54, 1.807) is 55.6 Å². The third-order valence-electron chi connectivity index (χ3n) is 3.68. The maximum Gasteiger partial charge on any atom is 0.433 e. The fourth-order valence-electron chi connectivity index (χ4n) is 2.47. The van der Waals surface area contributed by atoms with E-state index in [1.165, 1.54) is 6.20 Å². The topological polar surface area (TPSA) is 22.1 Å². The van der Waals surface area contributed by atoms with Gasteiger partial charge in [0, 0.05) is 11.8 Å². The number of pyridine rings is 1. The molecule has 2 nitrogen and oxygen atoms in total. The largest absolute Gasteiger partial charge is 0.497 e. The number of nitrogens with zero attached hydrogens (tertiary/aromatic N) is 1. The average Bonchev–Trinajstić information content (AvgIpc) is 2.61. The molecule has 0 spiro atoms. The predicted molar refractivity (Wildman–Crippen MR) is 86.7 cm³/mol. The highest BCUT2D eigenvalue weighted by atomic mass is 19.4. The Morgan fingerprint density at radius 1 is 0.833 bits per heavy atom. The lowest BCUT2D eigenvalue weighted by atomic mass is 9.95. The molecule has 0 radical (unpaired) electrons. The first-order valence-electron chi connectivity index (χ1n) is 7.26. The molecule has 0 aliphatic carbocycles. The summed E-state index contributed by atoms with van der Waals surface area (Å²) in [6, 6.07) is 17.2. The lowest BCUT2D eigenvalue weighted by molar-refractivity contribution is -0.141. The van der Waals surface area contributed by atoms with Crippen LogP contribution in [0.25, 0.3) is 22.3 Å². The van der Waals surface area contributed by atoms with Gasteiger partial charge in [-0.15, -0.1) is 0 Å². The number of hydrogen-bond acceptors (Lipinski definition) is 2. The van der Waals surface area contributed by atoms with E-state index in [0.717, 1.165) is 11.6 Å². The molecule has 122 valence electrons. The van der Waals surface area contributed by atoms with Gasteiger partial charge in [-0.2, -0.15) is 13.2 Å². The van der Waals surface area contributed by atoms with E-state index in [-0.39, 0.29) is 0 Å². The van der Waals surface area contributed by atoms with Crippen molar-refractivity contribution in [1.82, 2.24) is 4.98 Å². The Balaban J connectivity index is 2.17. The van der Waals surface area contributed by atoms with E-state index in [0.29, 0.717) is 22.4 Å². The molecule has 0 aliphatic rings. The Morgan fingerprint density at radius 3 is 2.04 bits per heavy atom. The van der Waals surface area contributed by atoms with Crippen molar-refractivity contribution >= 4 is 0 Å². The van der Waals surface area contributed by atoms with E-state index < -0.39 is 11.9 Å². The van der Waals surface area contributed by atoms with Crippen molar-refractivity contribution in [3.05, 3.63) is 72.6 Å². The first-order chi connectivity index (χ1) is 11.5. The van der Waals surface area contributed by atoms with Crippen LogP contribution in [0.2, 0.25) is 0 Å². The van der Waals surface area contributed by atoms with E-state index in [1.807, 2.05) is 6.07 Å². The summed E-state index contributed by atoms with van der Waals surface area (Å²) in [6.07, 6.45) is -3.21. The van der Waals surface area contributed by atoms with Crippen molar-refractivity contribution < 1.29 is 17.9 Å². The Kier molecular flexibility index (Phi) is 4.25. The van der Waals surface area contributed by atoms with Gasteiger partial charge in [0.25, 0.3) is 0 Å². The van der Waals surface area contributed by atoms with Gasteiger partial charge in [-0.3, -0.25) is 4.98 Å². The molecule has 0 N–H and O–H groups in total. The van der Waals surface area contributed by atoms with E-state index >= 15 is 0 Å². The molecule has 0 atom stereocenters. The highest BCUT2D eigenvalue weighted by Gasteiger charge is 2.33. The molecule has 0 unspecified atom stereocenters. The fourth-order valence-corrected chi connectivity index (χ4v) is 2.47. The van der Waals surface area contributed by atoms with Gasteiger partial charge in [-0.25, -0.2) is 0 Å². The summed E-state index contributed by atoms with van der Waals surface area (Å²) in [6.45, 7) is 0. The van der Waals surface area contributed by atoms with Crippen LogP contribution in [0.15, 0.2) is 66.9 Å². The number of ether oxygens (including phenoxy) is 1. The first-order valence-corrected chi connectivity index (χ1v) is 7.26. The zero-order valence-corrected chi connectivity index (χ0v) is 12.8. The van der Waals surface area contributed by atoms with Crippen LogP contribution in [0.5, 0.6) is 5.75 Å². The molecule has 0 aliphatic heterocycles. The molecule has 0 fully saturated rings. The van der Waals surface area contributed by atoms with E-state index in [4.69, 9.17) is 4.74 Å². The molecule has 1 aromatic heterocycles. The average molecular weight is 329 g/mol. The van der Waals surface area contributed by atoms with Gasteiger partial charge < -0.3 is 4.74 Å². The summed E-state index contributed by atoms with van der Waals surface area (Å²) in [7, 11) is 1.56. The Hall–Kier alpha value is -2.82. The van der Waals surface area contributed by atoms with Crippen molar-refractivity contribution in [3.63, 3.8) is 0 Å². The number of aromatic nitrogens is 1. The quantitative estimate of drug-likeness (QED) is 0.638. The molecule has 3 aromatic rings. The Bertz CT molecular complexity index is 827. The third-order valence-corrected chi connectivity index (χ3v) is 3.68. The van der Waals surface area contributed by atoms with Crippen molar-refractivity contribution in [1.29, 1.82) is 0 Å². The van der Waals surface area contributed by atoms with Gasteiger partial charge in [0.2, 0.25) is 0 Å². The van der Waals surface area contributed by atoms with Crippen molar-refractivity contribution in [2.75, 3.05) is 7.11 Å². The number of alkyl halides is 3. The highest BCUT2D eigenvalue weighted by Crippen LogP contribution is 2.36. The molecule has 1 heterocycles. The Labute approximate surface area is 137 Å². The van der Waals surface area contributed by atoms with Crippen LogP contribution in [-0.4, -0.2) is 12.1 Å². The molecule has 0 saturated carbocycles. The molecular formula is C19H14F3NO. The number of methoxy groups -OCH3 is 1. The molecule has 24 heavy (non-hydrogen) atoms. The second kappa shape index (κ2) is 6.35. The lowest BCUT2D eigenvalue weighted by Gasteiger charge is -2.14. The normalized spacial score (nSPS) is 11.3. The number of rotatable bonds is 3. The summed E-state index contributed by atoms with van der Waals surface area (Å²) in [4.78, 5) is 3.60. The van der Waals surface area contributed by atoms with E-state index in [9.17, 15) is 13.2 Å². The highest BCUT2D eigenvalue weighted by molar-refractivity contribution is 5.83. The number of benzene rings is 2. The summed E-state index contributed by atoms with van der Waals surface area (Å²) >= 11 is 0. The van der Waals surface area contributed by atoms with Crippen molar-refractivity contribution in [2.24, 2.45) is 0 Å². The standard InChI is InChI=1S/C19H14F3NO/c1-24-15-9-7-14(8-10-15)17-12-23-18(19(20,21)22)11-16(17)13-5-3-2-4-6-13/h2-12H,1H3. The molecule has 2 aromatic carbocycles. The van der Waals surface area contributed by atoms with Gasteiger partial charge in [0.05, 0.1) is 7.11 Å². The maximum absolute atomic E-state index is 13.0. The van der Waals surface area contributed by atoms with Crippen LogP contribution in [0, 0.1) is 0 Å². The molecule has 0 saturated heterocycles. The minimum absolute atomic E-state index is 0.489. The van der Waals surface area contributed by atoms with Gasteiger partial charge >= 0.3 is 6.18 Å². The van der Waals surface area contributed by atoms with Crippen LogP contribution in [-0.2, 0) is 6.18 Å². The number of halogens is 3. The van der Waals surface area contributed by atoms with Crippen LogP contribution in [0.3, 0.4) is 0 Å². The van der Waals surface area contributed by atoms with Crippen LogP contribution in [0.4, 0.5) is 13.2 Å². The minimum Gasteiger partial charge on any atom is -0.497 e. The van der Waals surface area contributed by atoms with Gasteiger partial charge in [-0.1, -0.05) is 42.5 Å². The molecule has 0 bridgehead atoms. The van der Waals surface area contributed by atoms with E-state index in [2.05, 4.69) is 4.98 Å². The second-order valence-corrected chi connectivity index (χ2v) is 5.21. The van der Waals surface area contributed by atoms with Gasteiger partial charge in [0.1, 0.15) is 11.4 Å². The van der Waals surface area contributed by atoms with Crippen molar-refractivity contribution in [2.45, 2.75) is 6.18 Å². The number of hydrogen-bond donors (Lipinski definition) is 0.